The second-order valence-electron chi connectivity index (χ2n) is 12.5. The zero-order valence-electron chi connectivity index (χ0n) is 28.1. The highest BCUT2D eigenvalue weighted by atomic mass is 16.5. The van der Waals surface area contributed by atoms with Gasteiger partial charge in [0.05, 0.1) is 6.10 Å². The Morgan fingerprint density at radius 3 is 1.71 bits per heavy atom. The van der Waals surface area contributed by atoms with Gasteiger partial charge in [0.25, 0.3) is 0 Å². The van der Waals surface area contributed by atoms with Crippen LogP contribution >= 0.6 is 0 Å². The SMILES string of the molecule is COC1CC(C)=C(/C=C/C(C)=C/C=C/C(C)=C/C=C/C=C(C)/C=C/C=C(C)/C=C/c2ccc(C)c(C)c2C)C(C)(C)C1. The average Bonchev–Trinajstić information content (AvgIpc) is 2.92. The van der Waals surface area contributed by atoms with Crippen LogP contribution in [-0.4, -0.2) is 13.2 Å². The first-order valence-electron chi connectivity index (χ1n) is 15.2. The third kappa shape index (κ3) is 11.5. The van der Waals surface area contributed by atoms with Gasteiger partial charge >= 0.3 is 0 Å². The number of allylic oxidation sites excluding steroid dienone is 18. The standard InChI is InChI=1S/C41H54O/c1-30(18-14-20-32(3)22-25-38-26-24-34(5)36(7)37(38)8)16-12-13-17-31(2)19-15-21-33(4)23-27-40-35(6)28-39(42-11)29-41(40,9)10/h12-27,39H,28-29H2,1-11H3/b13-12+,18-14+,19-15+,25-22+,27-23+,30-16+,31-17+,32-20+,33-21+. The van der Waals surface area contributed by atoms with Crippen molar-refractivity contribution in [1.82, 2.24) is 0 Å². The summed E-state index contributed by atoms with van der Waals surface area (Å²) in [6, 6.07) is 4.40. The molecule has 224 valence electrons. The van der Waals surface area contributed by atoms with Crippen molar-refractivity contribution in [2.75, 3.05) is 7.11 Å². The van der Waals surface area contributed by atoms with Gasteiger partial charge in [0.15, 0.2) is 0 Å². The van der Waals surface area contributed by atoms with E-state index in [4.69, 9.17) is 4.74 Å². The van der Waals surface area contributed by atoms with Crippen LogP contribution in [0, 0.1) is 26.2 Å². The first-order valence-corrected chi connectivity index (χ1v) is 15.2. The van der Waals surface area contributed by atoms with Crippen LogP contribution in [0.2, 0.25) is 0 Å². The molecular weight excluding hydrogens is 508 g/mol. The maximum atomic E-state index is 5.64. The van der Waals surface area contributed by atoms with Crippen molar-refractivity contribution in [1.29, 1.82) is 0 Å². The van der Waals surface area contributed by atoms with Crippen molar-refractivity contribution in [3.05, 3.63) is 147 Å². The van der Waals surface area contributed by atoms with Gasteiger partial charge in [-0.25, -0.2) is 0 Å². The summed E-state index contributed by atoms with van der Waals surface area (Å²) < 4.78 is 5.64. The van der Waals surface area contributed by atoms with Crippen LogP contribution in [0.4, 0.5) is 0 Å². The highest BCUT2D eigenvalue weighted by Gasteiger charge is 2.32. The highest BCUT2D eigenvalue weighted by Crippen LogP contribution is 2.41. The Bertz CT molecular complexity index is 1390. The molecule has 0 saturated carbocycles. The average molecular weight is 563 g/mol. The minimum atomic E-state index is 0.136. The second-order valence-corrected chi connectivity index (χ2v) is 12.5. The van der Waals surface area contributed by atoms with Crippen molar-refractivity contribution in [3.8, 4) is 0 Å². The number of hydrogen-bond donors (Lipinski definition) is 0. The van der Waals surface area contributed by atoms with Crippen LogP contribution in [0.5, 0.6) is 0 Å². The fourth-order valence-corrected chi connectivity index (χ4v) is 5.25. The molecule has 0 spiro atoms. The maximum Gasteiger partial charge on any atom is 0.0616 e. The minimum Gasteiger partial charge on any atom is -0.381 e. The quantitative estimate of drug-likeness (QED) is 0.244. The van der Waals surface area contributed by atoms with Crippen LogP contribution < -0.4 is 0 Å². The van der Waals surface area contributed by atoms with Gasteiger partial charge in [-0.1, -0.05) is 139 Å². The Kier molecular flexibility index (Phi) is 14.0. The van der Waals surface area contributed by atoms with Gasteiger partial charge in [-0.15, -0.1) is 0 Å². The first kappa shape index (κ1) is 34.8. The Morgan fingerprint density at radius 2 is 1.19 bits per heavy atom. The van der Waals surface area contributed by atoms with Crippen LogP contribution in [0.1, 0.15) is 83.6 Å². The van der Waals surface area contributed by atoms with Crippen molar-refractivity contribution in [2.45, 2.75) is 88.2 Å². The number of aryl methyl sites for hydroxylation is 1. The number of ether oxygens (including phenoxy) is 1. The molecular formula is C41H54O. The molecule has 0 amide bonds. The lowest BCUT2D eigenvalue weighted by atomic mass is 9.71. The topological polar surface area (TPSA) is 9.23 Å². The predicted molar refractivity (Wildman–Crippen MR) is 188 cm³/mol. The van der Waals surface area contributed by atoms with E-state index in [9.17, 15) is 0 Å². The summed E-state index contributed by atoms with van der Waals surface area (Å²) in [6.45, 7) is 22.0. The van der Waals surface area contributed by atoms with Gasteiger partial charge in [-0.3, -0.25) is 0 Å². The monoisotopic (exact) mass is 562 g/mol. The molecule has 0 bridgehead atoms. The summed E-state index contributed by atoms with van der Waals surface area (Å²) >= 11 is 0. The van der Waals surface area contributed by atoms with Gasteiger partial charge in [0, 0.05) is 7.11 Å². The van der Waals surface area contributed by atoms with E-state index in [0.29, 0.717) is 6.10 Å². The van der Waals surface area contributed by atoms with E-state index in [-0.39, 0.29) is 5.41 Å². The second kappa shape index (κ2) is 16.9. The maximum absolute atomic E-state index is 5.64. The molecule has 0 aromatic heterocycles. The van der Waals surface area contributed by atoms with Gasteiger partial charge < -0.3 is 4.74 Å². The molecule has 2 rings (SSSR count). The summed E-state index contributed by atoms with van der Waals surface area (Å²) in [5, 5.41) is 0. The van der Waals surface area contributed by atoms with Crippen LogP contribution in [0.25, 0.3) is 6.08 Å². The number of methoxy groups -OCH3 is 1. The molecule has 1 nitrogen and oxygen atoms in total. The summed E-state index contributed by atoms with van der Waals surface area (Å²) in [5.41, 5.74) is 13.3. The predicted octanol–water partition coefficient (Wildman–Crippen LogP) is 11.8. The van der Waals surface area contributed by atoms with Gasteiger partial charge in [0.1, 0.15) is 0 Å². The fourth-order valence-electron chi connectivity index (χ4n) is 5.25. The molecule has 1 aliphatic carbocycles. The van der Waals surface area contributed by atoms with Crippen molar-refractivity contribution in [2.24, 2.45) is 5.41 Å². The molecule has 42 heavy (non-hydrogen) atoms. The van der Waals surface area contributed by atoms with Crippen LogP contribution in [0.15, 0.2) is 125 Å². The zero-order valence-corrected chi connectivity index (χ0v) is 28.1. The lowest BCUT2D eigenvalue weighted by Gasteiger charge is -2.37. The van der Waals surface area contributed by atoms with E-state index in [1.165, 1.54) is 55.7 Å². The molecule has 1 atom stereocenters. The molecule has 1 aliphatic rings. The van der Waals surface area contributed by atoms with E-state index in [2.05, 4.69) is 166 Å². The number of rotatable bonds is 11. The summed E-state index contributed by atoms with van der Waals surface area (Å²) in [7, 11) is 1.82. The molecule has 0 heterocycles. The van der Waals surface area contributed by atoms with Gasteiger partial charge in [-0.2, -0.15) is 0 Å². The molecule has 0 aliphatic heterocycles. The van der Waals surface area contributed by atoms with E-state index in [1.807, 2.05) is 7.11 Å². The van der Waals surface area contributed by atoms with Gasteiger partial charge in [0.2, 0.25) is 0 Å². The lowest BCUT2D eigenvalue weighted by Crippen LogP contribution is -2.29. The summed E-state index contributed by atoms with van der Waals surface area (Å²) in [4.78, 5) is 0. The molecule has 1 heteroatoms. The lowest BCUT2D eigenvalue weighted by molar-refractivity contribution is 0.0627. The van der Waals surface area contributed by atoms with E-state index < -0.39 is 0 Å². The van der Waals surface area contributed by atoms with E-state index in [0.717, 1.165) is 12.8 Å². The van der Waals surface area contributed by atoms with E-state index in [1.54, 1.807) is 0 Å². The Balaban J connectivity index is 1.90. The van der Waals surface area contributed by atoms with E-state index >= 15 is 0 Å². The molecule has 0 radical (unpaired) electrons. The number of benzene rings is 1. The molecule has 1 aromatic rings. The van der Waals surface area contributed by atoms with Crippen molar-refractivity contribution < 1.29 is 4.74 Å². The molecule has 1 aromatic carbocycles. The normalized spacial score (nSPS) is 19.6. The van der Waals surface area contributed by atoms with Crippen molar-refractivity contribution >= 4 is 6.08 Å². The van der Waals surface area contributed by atoms with Crippen LogP contribution in [-0.2, 0) is 4.74 Å². The largest absolute Gasteiger partial charge is 0.381 e. The fraction of sp³-hybridized carbons (Fsp3) is 0.366. The smallest absolute Gasteiger partial charge is 0.0616 e. The first-order chi connectivity index (χ1) is 19.8. The molecule has 1 unspecified atom stereocenters. The minimum absolute atomic E-state index is 0.136. The Labute approximate surface area is 257 Å². The molecule has 0 N–H and O–H groups in total. The Morgan fingerprint density at radius 1 is 0.690 bits per heavy atom. The Hall–Kier alpha value is -3.42. The summed E-state index contributed by atoms with van der Waals surface area (Å²) in [6.07, 6.45) is 32.6. The molecule has 0 saturated heterocycles. The van der Waals surface area contributed by atoms with Gasteiger partial charge in [-0.05, 0) is 101 Å². The summed E-state index contributed by atoms with van der Waals surface area (Å²) in [5.74, 6) is 0. The highest BCUT2D eigenvalue weighted by molar-refractivity contribution is 5.59. The third-order valence-electron chi connectivity index (χ3n) is 8.20. The third-order valence-corrected chi connectivity index (χ3v) is 8.20. The number of hydrogen-bond acceptors (Lipinski definition) is 1. The zero-order chi connectivity index (χ0) is 31.3. The molecule has 0 fully saturated rings. The van der Waals surface area contributed by atoms with Crippen molar-refractivity contribution in [3.63, 3.8) is 0 Å². The van der Waals surface area contributed by atoms with Crippen LogP contribution in [0.3, 0.4) is 0 Å².